The molecule has 3 rings (SSSR count). The van der Waals surface area contributed by atoms with E-state index in [4.69, 9.17) is 27.9 Å². The largest absolute Gasteiger partial charge is 0.456 e. The Bertz CT molecular complexity index is 867. The van der Waals surface area contributed by atoms with Crippen LogP contribution in [0.1, 0.15) is 10.4 Å². The van der Waals surface area contributed by atoms with Crippen LogP contribution < -0.4 is 10.1 Å². The number of nitrogens with one attached hydrogen (secondary N) is 1. The number of carbonyl (C=O) groups excluding carboxylic acids is 1. The van der Waals surface area contributed by atoms with Crippen molar-refractivity contribution in [2.75, 3.05) is 5.32 Å². The summed E-state index contributed by atoms with van der Waals surface area (Å²) in [6.45, 7) is 0. The van der Waals surface area contributed by atoms with Crippen LogP contribution in [0, 0.1) is 0 Å². The van der Waals surface area contributed by atoms with Crippen molar-refractivity contribution in [1.29, 1.82) is 0 Å². The molecule has 6 heteroatoms. The highest BCUT2D eigenvalue weighted by molar-refractivity contribution is 6.33. The summed E-state index contributed by atoms with van der Waals surface area (Å²) in [5.41, 5.74) is 0.932. The number of para-hydroxylation sites is 1. The van der Waals surface area contributed by atoms with Gasteiger partial charge in [-0.15, -0.1) is 0 Å². The van der Waals surface area contributed by atoms with Crippen LogP contribution in [0.5, 0.6) is 11.5 Å². The topological polar surface area (TPSA) is 51.2 Å². The normalized spacial score (nSPS) is 10.2. The van der Waals surface area contributed by atoms with Crippen molar-refractivity contribution in [2.24, 2.45) is 0 Å². The Kier molecular flexibility index (Phi) is 4.99. The van der Waals surface area contributed by atoms with Gasteiger partial charge in [-0.3, -0.25) is 4.79 Å². The Balaban J connectivity index is 1.70. The van der Waals surface area contributed by atoms with Gasteiger partial charge in [-0.2, -0.15) is 0 Å². The molecular weight excluding hydrogens is 347 g/mol. The highest BCUT2D eigenvalue weighted by Gasteiger charge is 2.11. The van der Waals surface area contributed by atoms with E-state index >= 15 is 0 Å². The van der Waals surface area contributed by atoms with Crippen LogP contribution >= 0.6 is 23.2 Å². The fraction of sp³-hybridized carbons (Fsp3) is 0. The molecule has 1 amide bonds. The van der Waals surface area contributed by atoms with Gasteiger partial charge >= 0.3 is 0 Å². The number of halogens is 2. The predicted octanol–water partition coefficient (Wildman–Crippen LogP) is 5.43. The third kappa shape index (κ3) is 3.85. The molecule has 0 spiro atoms. The predicted molar refractivity (Wildman–Crippen MR) is 95.2 cm³/mol. The maximum atomic E-state index is 12.2. The van der Waals surface area contributed by atoms with Gasteiger partial charge in [0.25, 0.3) is 5.91 Å². The molecule has 120 valence electrons. The third-order valence-electron chi connectivity index (χ3n) is 3.18. The summed E-state index contributed by atoms with van der Waals surface area (Å²) in [4.78, 5) is 16.1. The Hall–Kier alpha value is -2.56. The van der Waals surface area contributed by atoms with E-state index < -0.39 is 0 Å². The molecule has 1 N–H and O–H groups in total. The maximum Gasteiger partial charge on any atom is 0.258 e. The van der Waals surface area contributed by atoms with Crippen LogP contribution in [0.15, 0.2) is 66.9 Å². The molecule has 1 heterocycles. The zero-order valence-corrected chi connectivity index (χ0v) is 13.9. The molecule has 0 saturated carbocycles. The second kappa shape index (κ2) is 7.34. The van der Waals surface area contributed by atoms with E-state index in [1.165, 1.54) is 6.20 Å². The lowest BCUT2D eigenvalue weighted by atomic mass is 10.2. The molecule has 0 aliphatic heterocycles. The van der Waals surface area contributed by atoms with Gasteiger partial charge in [0.05, 0.1) is 10.6 Å². The van der Waals surface area contributed by atoms with Crippen LogP contribution in [0.4, 0.5) is 5.69 Å². The molecule has 0 aliphatic carbocycles. The summed E-state index contributed by atoms with van der Waals surface area (Å²) in [7, 11) is 0. The lowest BCUT2D eigenvalue weighted by Crippen LogP contribution is -2.12. The van der Waals surface area contributed by atoms with Crippen molar-refractivity contribution in [1.82, 2.24) is 4.98 Å². The van der Waals surface area contributed by atoms with Crippen LogP contribution in [0.25, 0.3) is 0 Å². The lowest BCUT2D eigenvalue weighted by molar-refractivity contribution is 0.102. The van der Waals surface area contributed by atoms with Gasteiger partial charge < -0.3 is 10.1 Å². The molecule has 1 aromatic heterocycles. The van der Waals surface area contributed by atoms with Crippen LogP contribution in [0.3, 0.4) is 0 Å². The first-order valence-corrected chi connectivity index (χ1v) is 7.83. The maximum absolute atomic E-state index is 12.2. The van der Waals surface area contributed by atoms with Gasteiger partial charge in [0.15, 0.2) is 0 Å². The zero-order valence-electron chi connectivity index (χ0n) is 12.4. The molecule has 0 radical (unpaired) electrons. The highest BCUT2D eigenvalue weighted by atomic mass is 35.5. The highest BCUT2D eigenvalue weighted by Crippen LogP contribution is 2.29. The molecule has 0 saturated heterocycles. The Morgan fingerprint density at radius 3 is 2.42 bits per heavy atom. The van der Waals surface area contributed by atoms with E-state index in [0.29, 0.717) is 27.8 Å². The van der Waals surface area contributed by atoms with E-state index in [1.54, 1.807) is 48.5 Å². The number of anilines is 1. The van der Waals surface area contributed by atoms with Crippen molar-refractivity contribution in [3.05, 3.63) is 82.6 Å². The van der Waals surface area contributed by atoms with Crippen LogP contribution in [-0.2, 0) is 0 Å². The number of ether oxygens (including phenoxy) is 1. The van der Waals surface area contributed by atoms with Crippen LogP contribution in [-0.4, -0.2) is 10.9 Å². The average molecular weight is 359 g/mol. The van der Waals surface area contributed by atoms with Gasteiger partial charge in [0.2, 0.25) is 0 Å². The monoisotopic (exact) mass is 358 g/mol. The number of aromatic nitrogens is 1. The summed E-state index contributed by atoms with van der Waals surface area (Å²) in [6, 6.07) is 17.4. The van der Waals surface area contributed by atoms with Crippen molar-refractivity contribution >= 4 is 34.8 Å². The molecule has 0 unspecified atom stereocenters. The number of rotatable bonds is 4. The molecule has 0 fully saturated rings. The first-order valence-electron chi connectivity index (χ1n) is 7.08. The van der Waals surface area contributed by atoms with Crippen molar-refractivity contribution in [2.45, 2.75) is 0 Å². The number of amides is 1. The third-order valence-corrected chi connectivity index (χ3v) is 3.79. The number of carbonyl (C=O) groups is 1. The Morgan fingerprint density at radius 1 is 0.958 bits per heavy atom. The van der Waals surface area contributed by atoms with E-state index in [9.17, 15) is 4.79 Å². The van der Waals surface area contributed by atoms with E-state index in [-0.39, 0.29) is 11.1 Å². The fourth-order valence-electron chi connectivity index (χ4n) is 2.01. The molecule has 3 aromatic rings. The zero-order chi connectivity index (χ0) is 16.9. The van der Waals surface area contributed by atoms with E-state index in [1.807, 2.05) is 12.1 Å². The number of benzene rings is 2. The van der Waals surface area contributed by atoms with Crippen molar-refractivity contribution < 1.29 is 9.53 Å². The van der Waals surface area contributed by atoms with Gasteiger partial charge in [-0.25, -0.2) is 4.98 Å². The standard InChI is InChI=1S/C18H12Cl2N2O2/c19-15-5-1-2-6-16(15)24-13-9-7-12(8-10-13)22-18(23)14-4-3-11-21-17(14)20/h1-11H,(H,22,23). The van der Waals surface area contributed by atoms with Gasteiger partial charge in [-0.05, 0) is 48.5 Å². The van der Waals surface area contributed by atoms with Gasteiger partial charge in [0, 0.05) is 11.9 Å². The average Bonchev–Trinajstić information content (AvgIpc) is 2.59. The number of hydrogen-bond donors (Lipinski definition) is 1. The minimum atomic E-state index is -0.326. The van der Waals surface area contributed by atoms with Crippen molar-refractivity contribution in [3.63, 3.8) is 0 Å². The van der Waals surface area contributed by atoms with Crippen LogP contribution in [0.2, 0.25) is 10.2 Å². The lowest BCUT2D eigenvalue weighted by Gasteiger charge is -2.09. The molecule has 4 nitrogen and oxygen atoms in total. The smallest absolute Gasteiger partial charge is 0.258 e. The second-order valence-corrected chi connectivity index (χ2v) is 5.62. The van der Waals surface area contributed by atoms with Gasteiger partial charge in [0.1, 0.15) is 16.7 Å². The van der Waals surface area contributed by atoms with Crippen molar-refractivity contribution in [3.8, 4) is 11.5 Å². The second-order valence-electron chi connectivity index (χ2n) is 4.85. The quantitative estimate of drug-likeness (QED) is 0.632. The Morgan fingerprint density at radius 2 is 1.71 bits per heavy atom. The number of nitrogens with zero attached hydrogens (tertiary/aromatic N) is 1. The molecule has 0 bridgehead atoms. The van der Waals surface area contributed by atoms with E-state index in [2.05, 4.69) is 10.3 Å². The van der Waals surface area contributed by atoms with E-state index in [0.717, 1.165) is 0 Å². The molecule has 0 aliphatic rings. The molecule has 0 atom stereocenters. The number of pyridine rings is 1. The summed E-state index contributed by atoms with van der Waals surface area (Å²) >= 11 is 12.0. The summed E-state index contributed by atoms with van der Waals surface area (Å²) in [6.07, 6.45) is 1.53. The summed E-state index contributed by atoms with van der Waals surface area (Å²) < 4.78 is 5.70. The summed E-state index contributed by atoms with van der Waals surface area (Å²) in [5.74, 6) is 0.853. The molecular formula is C18H12Cl2N2O2. The first-order chi connectivity index (χ1) is 11.6. The van der Waals surface area contributed by atoms with Gasteiger partial charge in [-0.1, -0.05) is 35.3 Å². The first kappa shape index (κ1) is 16.3. The summed E-state index contributed by atoms with van der Waals surface area (Å²) in [5, 5.41) is 3.45. The number of hydrogen-bond acceptors (Lipinski definition) is 3. The minimum absolute atomic E-state index is 0.161. The molecule has 24 heavy (non-hydrogen) atoms. The minimum Gasteiger partial charge on any atom is -0.456 e. The Labute approximate surface area is 149 Å². The molecule has 2 aromatic carbocycles. The SMILES string of the molecule is O=C(Nc1ccc(Oc2ccccc2Cl)cc1)c1cccnc1Cl. The fourth-order valence-corrected chi connectivity index (χ4v) is 2.39.